The first-order chi connectivity index (χ1) is 10.3. The smallest absolute Gasteiger partial charge is 0.0794 e. The third-order valence-corrected chi connectivity index (χ3v) is 3.88. The van der Waals surface area contributed by atoms with E-state index in [1.54, 1.807) is 0 Å². The van der Waals surface area contributed by atoms with Crippen LogP contribution < -0.4 is 0 Å². The van der Waals surface area contributed by atoms with Crippen LogP contribution in [0.4, 0.5) is 0 Å². The van der Waals surface area contributed by atoms with Crippen molar-refractivity contribution in [3.8, 4) is 11.3 Å². The lowest BCUT2D eigenvalue weighted by Crippen LogP contribution is -1.99. The first-order valence-electron chi connectivity index (χ1n) is 7.98. The molecule has 0 fully saturated rings. The van der Waals surface area contributed by atoms with Crippen molar-refractivity contribution in [3.05, 3.63) is 53.7 Å². The molecule has 0 aliphatic rings. The lowest BCUT2D eigenvalue weighted by molar-refractivity contribution is 0.174. The molecular weight excluding hydrogens is 258 g/mol. The van der Waals surface area contributed by atoms with Crippen molar-refractivity contribution in [2.45, 2.75) is 52.1 Å². The predicted octanol–water partition coefficient (Wildman–Crippen LogP) is 4.92. The summed E-state index contributed by atoms with van der Waals surface area (Å²) >= 11 is 0. The van der Waals surface area contributed by atoms with E-state index in [0.717, 1.165) is 23.2 Å². The van der Waals surface area contributed by atoms with Gasteiger partial charge < -0.3 is 5.11 Å². The molecule has 2 rings (SSSR count). The fourth-order valence-corrected chi connectivity index (χ4v) is 2.55. The highest BCUT2D eigenvalue weighted by Crippen LogP contribution is 2.28. The van der Waals surface area contributed by atoms with Gasteiger partial charge >= 0.3 is 0 Å². The molecule has 0 aliphatic carbocycles. The van der Waals surface area contributed by atoms with Crippen LogP contribution in [0.25, 0.3) is 11.3 Å². The molecule has 0 saturated carbocycles. The molecule has 112 valence electrons. The van der Waals surface area contributed by atoms with Crippen LogP contribution in [-0.4, -0.2) is 10.1 Å². The van der Waals surface area contributed by atoms with E-state index in [1.807, 2.05) is 37.4 Å². The van der Waals surface area contributed by atoms with Gasteiger partial charge in [-0.2, -0.15) is 0 Å². The zero-order valence-corrected chi connectivity index (χ0v) is 13.0. The zero-order chi connectivity index (χ0) is 15.1. The molecule has 0 aliphatic heterocycles. The Morgan fingerprint density at radius 1 is 1.05 bits per heavy atom. The summed E-state index contributed by atoms with van der Waals surface area (Å²) < 4.78 is 0. The Bertz CT molecular complexity index is 548. The van der Waals surface area contributed by atoms with Crippen molar-refractivity contribution in [2.75, 3.05) is 0 Å². The average molecular weight is 283 g/mol. The van der Waals surface area contributed by atoms with E-state index in [0.29, 0.717) is 6.42 Å². The van der Waals surface area contributed by atoms with Crippen LogP contribution >= 0.6 is 0 Å². The molecule has 2 heteroatoms. The third-order valence-electron chi connectivity index (χ3n) is 3.88. The van der Waals surface area contributed by atoms with Crippen molar-refractivity contribution in [1.82, 2.24) is 4.98 Å². The highest BCUT2D eigenvalue weighted by atomic mass is 16.3. The maximum absolute atomic E-state index is 10.1. The molecule has 1 N–H and O–H groups in total. The van der Waals surface area contributed by atoms with E-state index in [1.165, 1.54) is 24.8 Å². The van der Waals surface area contributed by atoms with Gasteiger partial charge in [-0.1, -0.05) is 57.0 Å². The maximum Gasteiger partial charge on any atom is 0.0794 e. The molecule has 1 aromatic heterocycles. The van der Waals surface area contributed by atoms with Crippen molar-refractivity contribution in [1.29, 1.82) is 0 Å². The fourth-order valence-electron chi connectivity index (χ4n) is 2.55. The van der Waals surface area contributed by atoms with E-state index < -0.39 is 6.10 Å². The van der Waals surface area contributed by atoms with Gasteiger partial charge in [-0.05, 0) is 36.5 Å². The van der Waals surface area contributed by atoms with Crippen molar-refractivity contribution in [3.63, 3.8) is 0 Å². The van der Waals surface area contributed by atoms with Gasteiger partial charge in [-0.25, -0.2) is 0 Å². The van der Waals surface area contributed by atoms with Gasteiger partial charge in [-0.15, -0.1) is 0 Å². The number of rotatable bonds is 7. The molecule has 2 nitrogen and oxygen atoms in total. The van der Waals surface area contributed by atoms with Crippen LogP contribution in [0.5, 0.6) is 0 Å². The number of hydrogen-bond acceptors (Lipinski definition) is 2. The molecule has 21 heavy (non-hydrogen) atoms. The number of hydrogen-bond donors (Lipinski definition) is 1. The number of unbranched alkanes of at least 4 members (excludes halogenated alkanes) is 2. The largest absolute Gasteiger partial charge is 0.388 e. The Hall–Kier alpha value is -1.67. The zero-order valence-electron chi connectivity index (χ0n) is 13.0. The lowest BCUT2D eigenvalue weighted by Gasteiger charge is -2.13. The fraction of sp³-hybridized carbons (Fsp3) is 0.421. The molecule has 0 spiro atoms. The number of aliphatic hydroxyl groups excluding tert-OH is 1. The third kappa shape index (κ3) is 4.15. The predicted molar refractivity (Wildman–Crippen MR) is 88.2 cm³/mol. The number of nitrogens with zero attached hydrogens (tertiary/aromatic N) is 1. The molecule has 1 unspecified atom stereocenters. The maximum atomic E-state index is 10.1. The number of aryl methyl sites for hydroxylation is 1. The summed E-state index contributed by atoms with van der Waals surface area (Å²) in [6.07, 6.45) is 7.10. The normalized spacial score (nSPS) is 12.3. The summed E-state index contributed by atoms with van der Waals surface area (Å²) in [7, 11) is 0. The molecule has 0 radical (unpaired) electrons. The van der Waals surface area contributed by atoms with Gasteiger partial charge in [0.05, 0.1) is 11.8 Å². The second kappa shape index (κ2) is 7.94. The SMILES string of the molecule is CCCCCc1ccc(-c2ccccc2C(O)CC)nc1. The highest BCUT2D eigenvalue weighted by molar-refractivity contribution is 5.64. The van der Waals surface area contributed by atoms with Gasteiger partial charge in [0.1, 0.15) is 0 Å². The molecule has 0 saturated heterocycles. The first-order valence-corrected chi connectivity index (χ1v) is 7.98. The van der Waals surface area contributed by atoms with Crippen molar-refractivity contribution in [2.24, 2.45) is 0 Å². The molecule has 2 aromatic rings. The van der Waals surface area contributed by atoms with Crippen LogP contribution in [0.1, 0.15) is 56.8 Å². The minimum absolute atomic E-state index is 0.424. The Morgan fingerprint density at radius 3 is 2.52 bits per heavy atom. The summed E-state index contributed by atoms with van der Waals surface area (Å²) in [6.45, 7) is 4.21. The Labute approximate surface area is 127 Å². The topological polar surface area (TPSA) is 33.1 Å². The van der Waals surface area contributed by atoms with Crippen LogP contribution in [0, 0.1) is 0 Å². The monoisotopic (exact) mass is 283 g/mol. The van der Waals surface area contributed by atoms with Gasteiger partial charge in [0, 0.05) is 11.8 Å². The quantitative estimate of drug-likeness (QED) is 0.731. The van der Waals surface area contributed by atoms with Gasteiger partial charge in [0.15, 0.2) is 0 Å². The Morgan fingerprint density at radius 2 is 1.86 bits per heavy atom. The van der Waals surface area contributed by atoms with E-state index >= 15 is 0 Å². The van der Waals surface area contributed by atoms with Crippen LogP contribution in [0.3, 0.4) is 0 Å². The lowest BCUT2D eigenvalue weighted by atomic mass is 9.97. The minimum atomic E-state index is -0.424. The minimum Gasteiger partial charge on any atom is -0.388 e. The summed E-state index contributed by atoms with van der Waals surface area (Å²) in [6, 6.07) is 12.2. The van der Waals surface area contributed by atoms with E-state index in [-0.39, 0.29) is 0 Å². The number of aromatic nitrogens is 1. The molecule has 0 amide bonds. The van der Waals surface area contributed by atoms with E-state index in [4.69, 9.17) is 0 Å². The van der Waals surface area contributed by atoms with Gasteiger partial charge in [0.25, 0.3) is 0 Å². The second-order valence-corrected chi connectivity index (χ2v) is 5.52. The number of benzene rings is 1. The van der Waals surface area contributed by atoms with Crippen molar-refractivity contribution < 1.29 is 5.11 Å². The highest BCUT2D eigenvalue weighted by Gasteiger charge is 2.12. The second-order valence-electron chi connectivity index (χ2n) is 5.52. The van der Waals surface area contributed by atoms with Crippen LogP contribution in [-0.2, 0) is 6.42 Å². The summed E-state index contributed by atoms with van der Waals surface area (Å²) in [5, 5.41) is 10.1. The summed E-state index contributed by atoms with van der Waals surface area (Å²) in [5.74, 6) is 0. The summed E-state index contributed by atoms with van der Waals surface area (Å²) in [5.41, 5.74) is 4.23. The van der Waals surface area contributed by atoms with E-state index in [9.17, 15) is 5.11 Å². The summed E-state index contributed by atoms with van der Waals surface area (Å²) in [4.78, 5) is 4.59. The Kier molecular flexibility index (Phi) is 5.94. The average Bonchev–Trinajstić information content (AvgIpc) is 2.55. The molecule has 1 heterocycles. The molecular formula is C19H25NO. The molecule has 1 aromatic carbocycles. The van der Waals surface area contributed by atoms with Gasteiger partial charge in [-0.3, -0.25) is 4.98 Å². The van der Waals surface area contributed by atoms with E-state index in [2.05, 4.69) is 24.0 Å². The van der Waals surface area contributed by atoms with Crippen LogP contribution in [0.15, 0.2) is 42.6 Å². The van der Waals surface area contributed by atoms with Crippen molar-refractivity contribution >= 4 is 0 Å². The number of pyridine rings is 1. The molecule has 0 bridgehead atoms. The Balaban J connectivity index is 2.19. The van der Waals surface area contributed by atoms with Gasteiger partial charge in [0.2, 0.25) is 0 Å². The first kappa shape index (κ1) is 15.7. The standard InChI is InChI=1S/C19H25NO/c1-3-5-6-9-15-12-13-18(20-14-15)16-10-7-8-11-17(16)19(21)4-2/h7-8,10-14,19,21H,3-6,9H2,1-2H3. The molecule has 1 atom stereocenters. The number of aliphatic hydroxyl groups is 1. The van der Waals surface area contributed by atoms with Crippen LogP contribution in [0.2, 0.25) is 0 Å².